The maximum atomic E-state index is 12.2. The maximum Gasteiger partial charge on any atom is 0.391 e. The van der Waals surface area contributed by atoms with Crippen molar-refractivity contribution in [1.82, 2.24) is 5.32 Å². The number of halogens is 4. The SMILES string of the molecule is O=C(CCSc1ccccc1Cl)NC(CC(F)(F)F)C(=O)O. The standard InChI is InChI=1S/C13H13ClF3NO3S/c14-8-3-1-2-4-10(8)22-6-5-11(19)18-9(12(20)21)7-13(15,16)17/h1-4,9H,5-7H2,(H,18,19)(H,20,21). The molecule has 0 saturated heterocycles. The van der Waals surface area contributed by atoms with Crippen molar-refractivity contribution in [2.45, 2.75) is 30.0 Å². The number of rotatable bonds is 7. The molecule has 0 bridgehead atoms. The predicted molar refractivity (Wildman–Crippen MR) is 77.0 cm³/mol. The Labute approximate surface area is 134 Å². The fraction of sp³-hybridized carbons (Fsp3) is 0.385. The molecule has 0 fully saturated rings. The van der Waals surface area contributed by atoms with Crippen LogP contribution < -0.4 is 5.32 Å². The Balaban J connectivity index is 2.44. The van der Waals surface area contributed by atoms with Gasteiger partial charge < -0.3 is 10.4 Å². The summed E-state index contributed by atoms with van der Waals surface area (Å²) in [6.45, 7) is 0. The molecule has 0 aliphatic heterocycles. The van der Waals surface area contributed by atoms with E-state index in [4.69, 9.17) is 16.7 Å². The van der Waals surface area contributed by atoms with Crippen LogP contribution >= 0.6 is 23.4 Å². The van der Waals surface area contributed by atoms with E-state index in [1.807, 2.05) is 5.32 Å². The van der Waals surface area contributed by atoms with E-state index in [1.54, 1.807) is 24.3 Å². The van der Waals surface area contributed by atoms with Gasteiger partial charge in [-0.2, -0.15) is 13.2 Å². The quantitative estimate of drug-likeness (QED) is 0.736. The minimum Gasteiger partial charge on any atom is -0.480 e. The lowest BCUT2D eigenvalue weighted by molar-refractivity contribution is -0.159. The van der Waals surface area contributed by atoms with Crippen LogP contribution in [-0.2, 0) is 9.59 Å². The number of benzene rings is 1. The summed E-state index contributed by atoms with van der Waals surface area (Å²) >= 11 is 7.18. The Morgan fingerprint density at radius 3 is 2.50 bits per heavy atom. The fourth-order valence-corrected chi connectivity index (χ4v) is 2.70. The molecule has 0 spiro atoms. The van der Waals surface area contributed by atoms with E-state index in [9.17, 15) is 22.8 Å². The van der Waals surface area contributed by atoms with Crippen LogP contribution in [0.15, 0.2) is 29.2 Å². The number of carbonyl (C=O) groups excluding carboxylic acids is 1. The first-order valence-corrected chi connectivity index (χ1v) is 7.51. The van der Waals surface area contributed by atoms with Gasteiger partial charge in [-0.3, -0.25) is 4.79 Å². The van der Waals surface area contributed by atoms with Crippen LogP contribution in [0.2, 0.25) is 5.02 Å². The van der Waals surface area contributed by atoms with E-state index in [-0.39, 0.29) is 12.2 Å². The number of carboxylic acid groups (broad SMARTS) is 1. The largest absolute Gasteiger partial charge is 0.480 e. The summed E-state index contributed by atoms with van der Waals surface area (Å²) in [5.41, 5.74) is 0. The van der Waals surface area contributed by atoms with Gasteiger partial charge in [-0.1, -0.05) is 23.7 Å². The van der Waals surface area contributed by atoms with Crippen molar-refractivity contribution in [2.75, 3.05) is 5.75 Å². The number of alkyl halides is 3. The minimum absolute atomic E-state index is 0.114. The number of amides is 1. The average Bonchev–Trinajstić information content (AvgIpc) is 2.38. The molecule has 1 unspecified atom stereocenters. The molecule has 1 atom stereocenters. The first kappa shape index (κ1) is 18.6. The van der Waals surface area contributed by atoms with Gasteiger partial charge in [0.2, 0.25) is 5.91 Å². The molecule has 0 radical (unpaired) electrons. The molecule has 1 rings (SSSR count). The lowest BCUT2D eigenvalue weighted by Gasteiger charge is -2.16. The van der Waals surface area contributed by atoms with Crippen LogP contribution in [0.25, 0.3) is 0 Å². The minimum atomic E-state index is -4.66. The van der Waals surface area contributed by atoms with Crippen molar-refractivity contribution < 1.29 is 27.9 Å². The highest BCUT2D eigenvalue weighted by molar-refractivity contribution is 7.99. The second-order valence-corrected chi connectivity index (χ2v) is 5.85. The first-order chi connectivity index (χ1) is 10.2. The zero-order valence-electron chi connectivity index (χ0n) is 11.2. The second-order valence-electron chi connectivity index (χ2n) is 4.31. The van der Waals surface area contributed by atoms with Crippen molar-refractivity contribution in [1.29, 1.82) is 0 Å². The van der Waals surface area contributed by atoms with Gasteiger partial charge >= 0.3 is 12.1 Å². The van der Waals surface area contributed by atoms with Crippen LogP contribution in [-0.4, -0.2) is 35.0 Å². The maximum absolute atomic E-state index is 12.2. The van der Waals surface area contributed by atoms with E-state index in [0.717, 1.165) is 4.90 Å². The summed E-state index contributed by atoms with van der Waals surface area (Å²) in [5, 5.41) is 11.1. The number of carbonyl (C=O) groups is 2. The van der Waals surface area contributed by atoms with Gasteiger partial charge in [0.05, 0.1) is 11.4 Å². The molecule has 1 amide bonds. The molecule has 22 heavy (non-hydrogen) atoms. The van der Waals surface area contributed by atoms with Crippen molar-refractivity contribution in [2.24, 2.45) is 0 Å². The van der Waals surface area contributed by atoms with E-state index >= 15 is 0 Å². The molecule has 122 valence electrons. The molecule has 1 aromatic carbocycles. The predicted octanol–water partition coefficient (Wildman–Crippen LogP) is 3.34. The molecule has 0 saturated carbocycles. The van der Waals surface area contributed by atoms with Gasteiger partial charge in [0.1, 0.15) is 6.04 Å². The van der Waals surface area contributed by atoms with Crippen LogP contribution in [0.3, 0.4) is 0 Å². The molecule has 0 heterocycles. The molecular weight excluding hydrogens is 343 g/mol. The first-order valence-electron chi connectivity index (χ1n) is 6.15. The molecule has 0 aliphatic carbocycles. The molecule has 4 nitrogen and oxygen atoms in total. The Morgan fingerprint density at radius 1 is 1.32 bits per heavy atom. The van der Waals surface area contributed by atoms with Crippen molar-refractivity contribution in [3.8, 4) is 0 Å². The van der Waals surface area contributed by atoms with Crippen LogP contribution in [0.1, 0.15) is 12.8 Å². The van der Waals surface area contributed by atoms with Crippen molar-refractivity contribution >= 4 is 35.2 Å². The summed E-state index contributed by atoms with van der Waals surface area (Å²) in [4.78, 5) is 23.0. The van der Waals surface area contributed by atoms with Gasteiger partial charge in [-0.05, 0) is 12.1 Å². The highest BCUT2D eigenvalue weighted by Crippen LogP contribution is 2.27. The third kappa shape index (κ3) is 7.04. The number of carboxylic acids is 1. The molecule has 1 aromatic rings. The number of hydrogen-bond acceptors (Lipinski definition) is 3. The lowest BCUT2D eigenvalue weighted by Crippen LogP contribution is -2.43. The van der Waals surface area contributed by atoms with Gasteiger partial charge in [0.25, 0.3) is 0 Å². The summed E-state index contributed by atoms with van der Waals surface area (Å²) in [6.07, 6.45) is -6.38. The highest BCUT2D eigenvalue weighted by atomic mass is 35.5. The summed E-state index contributed by atoms with van der Waals surface area (Å²) in [7, 11) is 0. The Kier molecular flexibility index (Phi) is 7.02. The Morgan fingerprint density at radius 2 is 1.95 bits per heavy atom. The number of thioether (sulfide) groups is 1. The highest BCUT2D eigenvalue weighted by Gasteiger charge is 2.36. The lowest BCUT2D eigenvalue weighted by atomic mass is 10.2. The topological polar surface area (TPSA) is 66.4 Å². The van der Waals surface area contributed by atoms with E-state index in [0.29, 0.717) is 5.02 Å². The van der Waals surface area contributed by atoms with Gasteiger partial charge in [-0.15, -0.1) is 11.8 Å². The fourth-order valence-electron chi connectivity index (χ4n) is 1.51. The molecule has 2 N–H and O–H groups in total. The monoisotopic (exact) mass is 355 g/mol. The smallest absolute Gasteiger partial charge is 0.391 e. The van der Waals surface area contributed by atoms with Crippen molar-refractivity contribution in [3.63, 3.8) is 0 Å². The summed E-state index contributed by atoms with van der Waals surface area (Å²) in [5.74, 6) is -2.20. The third-order valence-electron chi connectivity index (χ3n) is 2.49. The van der Waals surface area contributed by atoms with Gasteiger partial charge in [0, 0.05) is 17.1 Å². The zero-order chi connectivity index (χ0) is 16.8. The number of nitrogens with one attached hydrogen (secondary N) is 1. The van der Waals surface area contributed by atoms with Gasteiger partial charge in [0.15, 0.2) is 0 Å². The van der Waals surface area contributed by atoms with Gasteiger partial charge in [-0.25, -0.2) is 4.79 Å². The Bertz CT molecular complexity index is 540. The van der Waals surface area contributed by atoms with E-state index < -0.39 is 30.5 Å². The zero-order valence-corrected chi connectivity index (χ0v) is 12.8. The number of hydrogen-bond donors (Lipinski definition) is 2. The van der Waals surface area contributed by atoms with Crippen LogP contribution in [0.4, 0.5) is 13.2 Å². The van der Waals surface area contributed by atoms with E-state index in [2.05, 4.69) is 0 Å². The van der Waals surface area contributed by atoms with Crippen LogP contribution in [0.5, 0.6) is 0 Å². The molecule has 9 heteroatoms. The summed E-state index contributed by atoms with van der Waals surface area (Å²) < 4.78 is 36.6. The normalized spacial score (nSPS) is 12.7. The average molecular weight is 356 g/mol. The molecule has 0 aliphatic rings. The van der Waals surface area contributed by atoms with Crippen molar-refractivity contribution in [3.05, 3.63) is 29.3 Å². The summed E-state index contributed by atoms with van der Waals surface area (Å²) in [6, 6.07) is 4.95. The third-order valence-corrected chi connectivity index (χ3v) is 4.01. The van der Waals surface area contributed by atoms with E-state index in [1.165, 1.54) is 11.8 Å². The number of aliphatic carboxylic acids is 1. The molecular formula is C13H13ClF3NO3S. The second kappa shape index (κ2) is 8.28. The Hall–Kier alpha value is -1.41. The van der Waals surface area contributed by atoms with Crippen LogP contribution in [0, 0.1) is 0 Å². The molecule has 0 aromatic heterocycles.